The molecule has 0 aliphatic carbocycles. The average molecular weight is 699 g/mol. The lowest BCUT2D eigenvalue weighted by atomic mass is 9.95. The van der Waals surface area contributed by atoms with Crippen LogP contribution >= 0.6 is 22.6 Å². The number of amides is 3. The highest BCUT2D eigenvalue weighted by molar-refractivity contribution is 14.1. The van der Waals surface area contributed by atoms with Gasteiger partial charge in [0.15, 0.2) is 18.1 Å². The number of benzene rings is 3. The number of urea groups is 1. The zero-order chi connectivity index (χ0) is 30.8. The zero-order valence-electron chi connectivity index (χ0n) is 23.8. The van der Waals surface area contributed by atoms with Crippen LogP contribution in [0, 0.1) is 3.57 Å². The number of nitrogens with zero attached hydrogens (tertiary/aromatic N) is 1. The molecule has 4 rings (SSSR count). The van der Waals surface area contributed by atoms with Gasteiger partial charge in [-0.1, -0.05) is 36.4 Å². The van der Waals surface area contributed by atoms with Crippen molar-refractivity contribution in [3.63, 3.8) is 0 Å². The van der Waals surface area contributed by atoms with Crippen LogP contribution in [-0.2, 0) is 20.9 Å². The molecular formula is C31H31IN4O7. The van der Waals surface area contributed by atoms with Crippen LogP contribution in [-0.4, -0.2) is 44.4 Å². The number of methoxy groups -OCH3 is 1. The first-order chi connectivity index (χ1) is 20.8. The number of carbonyl (C=O) groups is 3. The summed E-state index contributed by atoms with van der Waals surface area (Å²) in [5.74, 6) is 0.339. The Balaban J connectivity index is 1.33. The summed E-state index contributed by atoms with van der Waals surface area (Å²) >= 11 is 2.19. The predicted octanol–water partition coefficient (Wildman–Crippen LogP) is 4.60. The number of ether oxygens (including phenoxy) is 4. The van der Waals surface area contributed by atoms with Crippen molar-refractivity contribution in [2.24, 2.45) is 5.10 Å². The Morgan fingerprint density at radius 3 is 2.51 bits per heavy atom. The summed E-state index contributed by atoms with van der Waals surface area (Å²) in [6.07, 6.45) is 1.53. The minimum atomic E-state index is -0.763. The fourth-order valence-corrected chi connectivity index (χ4v) is 4.91. The topological polar surface area (TPSA) is 137 Å². The molecule has 0 saturated carbocycles. The molecule has 0 radical (unpaired) electrons. The van der Waals surface area contributed by atoms with Gasteiger partial charge in [0.05, 0.1) is 35.1 Å². The van der Waals surface area contributed by atoms with E-state index in [4.69, 9.17) is 18.9 Å². The third-order valence-electron chi connectivity index (χ3n) is 6.24. The minimum Gasteiger partial charge on any atom is -0.493 e. The first kappa shape index (κ1) is 31.3. The van der Waals surface area contributed by atoms with Crippen LogP contribution in [0.25, 0.3) is 0 Å². The van der Waals surface area contributed by atoms with Gasteiger partial charge in [-0.05, 0) is 83.5 Å². The molecule has 3 N–H and O–H groups in total. The molecule has 0 spiro atoms. The second-order valence-corrected chi connectivity index (χ2v) is 10.4. The molecule has 224 valence electrons. The van der Waals surface area contributed by atoms with Crippen molar-refractivity contribution in [3.05, 3.63) is 98.3 Å². The first-order valence-corrected chi connectivity index (χ1v) is 14.4. The first-order valence-electron chi connectivity index (χ1n) is 13.3. The zero-order valence-corrected chi connectivity index (χ0v) is 26.0. The number of carbonyl (C=O) groups excluding carboxylic acids is 3. The smallest absolute Gasteiger partial charge is 0.338 e. The molecule has 3 amide bonds. The van der Waals surface area contributed by atoms with E-state index in [9.17, 15) is 14.4 Å². The summed E-state index contributed by atoms with van der Waals surface area (Å²) in [6.45, 7) is 3.66. The van der Waals surface area contributed by atoms with E-state index in [2.05, 4.69) is 43.8 Å². The molecule has 1 aliphatic rings. The summed E-state index contributed by atoms with van der Waals surface area (Å²) in [5, 5.41) is 9.35. The summed E-state index contributed by atoms with van der Waals surface area (Å²) in [5.41, 5.74) is 5.54. The maximum absolute atomic E-state index is 12.6. The highest BCUT2D eigenvalue weighted by atomic mass is 127. The largest absolute Gasteiger partial charge is 0.493 e. The van der Waals surface area contributed by atoms with Gasteiger partial charge in [0.25, 0.3) is 5.91 Å². The van der Waals surface area contributed by atoms with Gasteiger partial charge in [0.2, 0.25) is 0 Å². The van der Waals surface area contributed by atoms with E-state index in [-0.39, 0.29) is 18.8 Å². The molecule has 0 fully saturated rings. The fourth-order valence-electron chi connectivity index (χ4n) is 4.21. The molecule has 0 bridgehead atoms. The SMILES string of the molecule is CCOC(=O)C1=C(C)NC(=O)N[C@H]1c1ccc(OCC(=O)N/N=C\c2ccc(OCc3ccccc3)c(I)c2)c(OC)c1. The number of nitrogens with one attached hydrogen (secondary N) is 3. The van der Waals surface area contributed by atoms with Crippen LogP contribution in [0.1, 0.15) is 36.6 Å². The van der Waals surface area contributed by atoms with E-state index in [1.54, 1.807) is 32.0 Å². The van der Waals surface area contributed by atoms with E-state index in [0.29, 0.717) is 29.4 Å². The summed E-state index contributed by atoms with van der Waals surface area (Å²) in [6, 6.07) is 19.2. The Morgan fingerprint density at radius 1 is 1.02 bits per heavy atom. The lowest BCUT2D eigenvalue weighted by molar-refractivity contribution is -0.139. The van der Waals surface area contributed by atoms with Crippen molar-refractivity contribution < 1.29 is 33.3 Å². The van der Waals surface area contributed by atoms with Crippen LogP contribution in [0.5, 0.6) is 17.2 Å². The number of rotatable bonds is 12. The second-order valence-electron chi connectivity index (χ2n) is 9.25. The number of hydrazone groups is 1. The number of halogens is 1. The lowest BCUT2D eigenvalue weighted by Crippen LogP contribution is -2.45. The van der Waals surface area contributed by atoms with Crippen molar-refractivity contribution in [1.82, 2.24) is 16.1 Å². The molecule has 3 aromatic rings. The number of allylic oxidation sites excluding steroid dienone is 1. The van der Waals surface area contributed by atoms with Crippen molar-refractivity contribution in [2.45, 2.75) is 26.5 Å². The van der Waals surface area contributed by atoms with Gasteiger partial charge in [-0.3, -0.25) is 4.79 Å². The average Bonchev–Trinajstić information content (AvgIpc) is 2.99. The number of hydrogen-bond acceptors (Lipinski definition) is 8. The van der Waals surface area contributed by atoms with Gasteiger partial charge in [-0.25, -0.2) is 15.0 Å². The Morgan fingerprint density at radius 2 is 1.79 bits per heavy atom. The van der Waals surface area contributed by atoms with Gasteiger partial charge in [0, 0.05) is 5.70 Å². The predicted molar refractivity (Wildman–Crippen MR) is 168 cm³/mol. The third kappa shape index (κ3) is 8.47. The third-order valence-corrected chi connectivity index (χ3v) is 7.08. The molecule has 1 heterocycles. The Hall–Kier alpha value is -4.59. The molecule has 0 unspecified atom stereocenters. The maximum Gasteiger partial charge on any atom is 0.338 e. The minimum absolute atomic E-state index is 0.189. The van der Waals surface area contributed by atoms with Crippen LogP contribution in [0.3, 0.4) is 0 Å². The van der Waals surface area contributed by atoms with E-state index < -0.39 is 23.9 Å². The van der Waals surface area contributed by atoms with Crippen molar-refractivity contribution in [3.8, 4) is 17.2 Å². The maximum atomic E-state index is 12.6. The standard InChI is InChI=1S/C31H31IN4O7/c1-4-41-30(38)28-19(2)34-31(39)35-29(28)22-11-13-25(26(15-22)40-3)43-18-27(37)36-33-16-21-10-12-24(23(32)14-21)42-17-20-8-6-5-7-9-20/h5-16,29H,4,17-18H2,1-3H3,(H,36,37)(H2,34,35,39)/b33-16-/t29-/m0/s1. The van der Waals surface area contributed by atoms with Gasteiger partial charge in [-0.2, -0.15) is 5.10 Å². The molecule has 0 saturated heterocycles. The van der Waals surface area contributed by atoms with E-state index in [0.717, 1.165) is 20.4 Å². The molecule has 11 nitrogen and oxygen atoms in total. The molecular weight excluding hydrogens is 667 g/mol. The monoisotopic (exact) mass is 698 g/mol. The molecule has 12 heteroatoms. The molecule has 1 atom stereocenters. The summed E-state index contributed by atoms with van der Waals surface area (Å²) < 4.78 is 23.1. The van der Waals surface area contributed by atoms with Gasteiger partial charge < -0.3 is 29.6 Å². The van der Waals surface area contributed by atoms with Crippen LogP contribution in [0.4, 0.5) is 4.79 Å². The van der Waals surface area contributed by atoms with Crippen molar-refractivity contribution in [2.75, 3.05) is 20.3 Å². The second kappa shape index (κ2) is 15.0. The molecule has 43 heavy (non-hydrogen) atoms. The highest BCUT2D eigenvalue weighted by Gasteiger charge is 2.32. The fraction of sp³-hybridized carbons (Fsp3) is 0.226. The van der Waals surface area contributed by atoms with Crippen LogP contribution in [0.2, 0.25) is 0 Å². The van der Waals surface area contributed by atoms with Gasteiger partial charge in [0.1, 0.15) is 12.4 Å². The van der Waals surface area contributed by atoms with Crippen LogP contribution < -0.4 is 30.3 Å². The van der Waals surface area contributed by atoms with E-state index >= 15 is 0 Å². The highest BCUT2D eigenvalue weighted by Crippen LogP contribution is 2.34. The van der Waals surface area contributed by atoms with Crippen molar-refractivity contribution in [1.29, 1.82) is 0 Å². The van der Waals surface area contributed by atoms with Gasteiger partial charge in [-0.15, -0.1) is 0 Å². The lowest BCUT2D eigenvalue weighted by Gasteiger charge is -2.28. The molecule has 1 aliphatic heterocycles. The Kier molecular flexibility index (Phi) is 11.0. The number of hydrogen-bond donors (Lipinski definition) is 3. The van der Waals surface area contributed by atoms with E-state index in [1.807, 2.05) is 48.5 Å². The molecule has 0 aromatic heterocycles. The Labute approximate surface area is 262 Å². The summed E-state index contributed by atoms with van der Waals surface area (Å²) in [4.78, 5) is 37.1. The van der Waals surface area contributed by atoms with Crippen molar-refractivity contribution >= 4 is 46.7 Å². The van der Waals surface area contributed by atoms with E-state index in [1.165, 1.54) is 13.3 Å². The number of esters is 1. The molecule has 3 aromatic carbocycles. The normalized spacial score (nSPS) is 14.5. The Bertz CT molecular complexity index is 1540. The quantitative estimate of drug-likeness (QED) is 0.109. The van der Waals surface area contributed by atoms with Crippen LogP contribution in [0.15, 0.2) is 83.1 Å². The van der Waals surface area contributed by atoms with Gasteiger partial charge >= 0.3 is 12.0 Å². The summed E-state index contributed by atoms with van der Waals surface area (Å²) in [7, 11) is 1.45.